The molecule has 0 radical (unpaired) electrons. The topological polar surface area (TPSA) is 35.0 Å². The van der Waals surface area contributed by atoms with E-state index in [1.165, 1.54) is 6.33 Å². The van der Waals surface area contributed by atoms with Crippen molar-refractivity contribution in [2.75, 3.05) is 0 Å². The molecule has 2 rings (SSSR count). The SMILES string of the molecule is Cc1ncnc(Oc2ccccc2)c1C. The van der Waals surface area contributed by atoms with Crippen molar-refractivity contribution >= 4 is 0 Å². The van der Waals surface area contributed by atoms with E-state index in [9.17, 15) is 0 Å². The van der Waals surface area contributed by atoms with Gasteiger partial charge in [0.05, 0.1) is 0 Å². The van der Waals surface area contributed by atoms with Crippen molar-refractivity contribution in [3.8, 4) is 11.6 Å². The number of ether oxygens (including phenoxy) is 1. The predicted octanol–water partition coefficient (Wildman–Crippen LogP) is 2.89. The van der Waals surface area contributed by atoms with Crippen LogP contribution in [0.4, 0.5) is 0 Å². The minimum absolute atomic E-state index is 0.619. The molecule has 0 fully saturated rings. The minimum atomic E-state index is 0.619. The second-order valence-corrected chi connectivity index (χ2v) is 3.30. The standard InChI is InChI=1S/C12H12N2O/c1-9-10(2)13-8-14-12(9)15-11-6-4-3-5-7-11/h3-8H,1-2H3. The normalized spacial score (nSPS) is 10.0. The van der Waals surface area contributed by atoms with Crippen LogP contribution in [-0.4, -0.2) is 9.97 Å². The Bertz CT molecular complexity index is 454. The summed E-state index contributed by atoms with van der Waals surface area (Å²) in [7, 11) is 0. The maximum atomic E-state index is 5.64. The molecule has 1 aromatic heterocycles. The third-order valence-electron chi connectivity index (χ3n) is 2.25. The van der Waals surface area contributed by atoms with Crippen LogP contribution in [0.1, 0.15) is 11.3 Å². The average molecular weight is 200 g/mol. The van der Waals surface area contributed by atoms with E-state index in [2.05, 4.69) is 9.97 Å². The minimum Gasteiger partial charge on any atom is -0.439 e. The van der Waals surface area contributed by atoms with Crippen LogP contribution < -0.4 is 4.74 Å². The second kappa shape index (κ2) is 4.09. The number of hydrogen-bond donors (Lipinski definition) is 0. The first kappa shape index (κ1) is 9.65. The fourth-order valence-corrected chi connectivity index (χ4v) is 1.22. The first-order valence-corrected chi connectivity index (χ1v) is 4.78. The van der Waals surface area contributed by atoms with Crippen LogP contribution in [0.5, 0.6) is 11.6 Å². The molecule has 3 heteroatoms. The summed E-state index contributed by atoms with van der Waals surface area (Å²) in [5.41, 5.74) is 1.91. The zero-order valence-electron chi connectivity index (χ0n) is 8.77. The Morgan fingerprint density at radius 2 is 1.73 bits per heavy atom. The summed E-state index contributed by atoms with van der Waals surface area (Å²) in [6.07, 6.45) is 1.51. The number of para-hydroxylation sites is 1. The van der Waals surface area contributed by atoms with Gasteiger partial charge in [-0.05, 0) is 26.0 Å². The largest absolute Gasteiger partial charge is 0.439 e. The van der Waals surface area contributed by atoms with Gasteiger partial charge in [-0.1, -0.05) is 18.2 Å². The van der Waals surface area contributed by atoms with E-state index in [1.807, 2.05) is 44.2 Å². The van der Waals surface area contributed by atoms with E-state index in [1.54, 1.807) is 0 Å². The van der Waals surface area contributed by atoms with E-state index >= 15 is 0 Å². The zero-order chi connectivity index (χ0) is 10.7. The van der Waals surface area contributed by atoms with E-state index in [4.69, 9.17) is 4.74 Å². The maximum Gasteiger partial charge on any atom is 0.225 e. The summed E-state index contributed by atoms with van der Waals surface area (Å²) in [6, 6.07) is 9.61. The van der Waals surface area contributed by atoms with Crippen molar-refractivity contribution in [2.24, 2.45) is 0 Å². The lowest BCUT2D eigenvalue weighted by molar-refractivity contribution is 0.456. The Hall–Kier alpha value is -1.90. The van der Waals surface area contributed by atoms with E-state index in [-0.39, 0.29) is 0 Å². The van der Waals surface area contributed by atoms with Crippen molar-refractivity contribution in [1.82, 2.24) is 9.97 Å². The average Bonchev–Trinajstić information content (AvgIpc) is 2.26. The van der Waals surface area contributed by atoms with Gasteiger partial charge in [-0.25, -0.2) is 9.97 Å². The van der Waals surface area contributed by atoms with Crippen molar-refractivity contribution in [3.05, 3.63) is 47.9 Å². The van der Waals surface area contributed by atoms with Crippen LogP contribution in [0.3, 0.4) is 0 Å². The Balaban J connectivity index is 2.29. The van der Waals surface area contributed by atoms with Gasteiger partial charge in [0.25, 0.3) is 0 Å². The molecule has 0 spiro atoms. The number of benzene rings is 1. The van der Waals surface area contributed by atoms with Crippen molar-refractivity contribution in [1.29, 1.82) is 0 Å². The summed E-state index contributed by atoms with van der Waals surface area (Å²) in [4.78, 5) is 8.19. The number of rotatable bonds is 2. The molecule has 76 valence electrons. The van der Waals surface area contributed by atoms with Crippen LogP contribution in [-0.2, 0) is 0 Å². The third-order valence-corrected chi connectivity index (χ3v) is 2.25. The first-order valence-electron chi connectivity index (χ1n) is 4.78. The summed E-state index contributed by atoms with van der Waals surface area (Å²) in [6.45, 7) is 3.89. The van der Waals surface area contributed by atoms with Gasteiger partial charge in [0.1, 0.15) is 12.1 Å². The maximum absolute atomic E-state index is 5.64. The number of nitrogens with zero attached hydrogens (tertiary/aromatic N) is 2. The fraction of sp³-hybridized carbons (Fsp3) is 0.167. The zero-order valence-corrected chi connectivity index (χ0v) is 8.77. The second-order valence-electron chi connectivity index (χ2n) is 3.30. The molecule has 0 saturated heterocycles. The third kappa shape index (κ3) is 2.13. The van der Waals surface area contributed by atoms with Gasteiger partial charge in [-0.15, -0.1) is 0 Å². The summed E-state index contributed by atoms with van der Waals surface area (Å²) < 4.78 is 5.64. The van der Waals surface area contributed by atoms with Crippen molar-refractivity contribution in [2.45, 2.75) is 13.8 Å². The van der Waals surface area contributed by atoms with Crippen LogP contribution in [0.25, 0.3) is 0 Å². The molecule has 0 aliphatic heterocycles. The van der Waals surface area contributed by atoms with E-state index < -0.39 is 0 Å². The van der Waals surface area contributed by atoms with Crippen LogP contribution in [0.2, 0.25) is 0 Å². The molecule has 1 heterocycles. The first-order chi connectivity index (χ1) is 7.27. The van der Waals surface area contributed by atoms with E-state index in [0.717, 1.165) is 17.0 Å². The molecule has 1 aromatic carbocycles. The highest BCUT2D eigenvalue weighted by molar-refractivity contribution is 5.32. The van der Waals surface area contributed by atoms with Crippen molar-refractivity contribution < 1.29 is 4.74 Å². The monoisotopic (exact) mass is 200 g/mol. The van der Waals surface area contributed by atoms with Gasteiger partial charge >= 0.3 is 0 Å². The molecular formula is C12H12N2O. The van der Waals surface area contributed by atoms with Crippen LogP contribution in [0, 0.1) is 13.8 Å². The fourth-order valence-electron chi connectivity index (χ4n) is 1.22. The summed E-state index contributed by atoms with van der Waals surface area (Å²) in [5, 5.41) is 0. The molecule has 0 aliphatic rings. The van der Waals surface area contributed by atoms with E-state index in [0.29, 0.717) is 5.88 Å². The van der Waals surface area contributed by atoms with Crippen LogP contribution in [0.15, 0.2) is 36.7 Å². The lowest BCUT2D eigenvalue weighted by atomic mass is 10.2. The lowest BCUT2D eigenvalue weighted by Gasteiger charge is -2.07. The van der Waals surface area contributed by atoms with Gasteiger partial charge in [-0.2, -0.15) is 0 Å². The van der Waals surface area contributed by atoms with Crippen molar-refractivity contribution in [3.63, 3.8) is 0 Å². The molecule has 15 heavy (non-hydrogen) atoms. The molecule has 0 saturated carbocycles. The molecule has 2 aromatic rings. The molecule has 0 bridgehead atoms. The highest BCUT2D eigenvalue weighted by Gasteiger charge is 2.04. The Morgan fingerprint density at radius 3 is 2.47 bits per heavy atom. The molecule has 0 unspecified atom stereocenters. The number of hydrogen-bond acceptors (Lipinski definition) is 3. The smallest absolute Gasteiger partial charge is 0.225 e. The number of aryl methyl sites for hydroxylation is 1. The van der Waals surface area contributed by atoms with Crippen LogP contribution >= 0.6 is 0 Å². The Morgan fingerprint density at radius 1 is 1.00 bits per heavy atom. The Kier molecular flexibility index (Phi) is 2.63. The molecule has 0 amide bonds. The highest BCUT2D eigenvalue weighted by Crippen LogP contribution is 2.22. The quantitative estimate of drug-likeness (QED) is 0.747. The molecular weight excluding hydrogens is 188 g/mol. The molecule has 0 N–H and O–H groups in total. The summed E-state index contributed by atoms with van der Waals surface area (Å²) >= 11 is 0. The van der Waals surface area contributed by atoms with Gasteiger partial charge in [0.15, 0.2) is 0 Å². The van der Waals surface area contributed by atoms with Gasteiger partial charge in [-0.3, -0.25) is 0 Å². The summed E-state index contributed by atoms with van der Waals surface area (Å²) in [5.74, 6) is 1.41. The molecule has 0 aliphatic carbocycles. The predicted molar refractivity (Wildman–Crippen MR) is 58.0 cm³/mol. The van der Waals surface area contributed by atoms with Gasteiger partial charge in [0, 0.05) is 11.3 Å². The highest BCUT2D eigenvalue weighted by atomic mass is 16.5. The number of aromatic nitrogens is 2. The van der Waals surface area contributed by atoms with Gasteiger partial charge in [0.2, 0.25) is 5.88 Å². The molecule has 0 atom stereocenters. The molecule has 3 nitrogen and oxygen atoms in total. The van der Waals surface area contributed by atoms with Gasteiger partial charge < -0.3 is 4.74 Å². The lowest BCUT2D eigenvalue weighted by Crippen LogP contribution is -1.95. The Labute approximate surface area is 88.8 Å².